The van der Waals surface area contributed by atoms with Gasteiger partial charge in [0.2, 0.25) is 0 Å². The minimum Gasteiger partial charge on any atom is -0.353 e. The lowest BCUT2D eigenvalue weighted by Gasteiger charge is -2.17. The normalized spacial score (nSPS) is 11.1. The molecular weight excluding hydrogens is 242 g/mol. The number of aromatic amines is 1. The van der Waals surface area contributed by atoms with E-state index in [4.69, 9.17) is 0 Å². The van der Waals surface area contributed by atoms with Gasteiger partial charge < -0.3 is 9.88 Å². The van der Waals surface area contributed by atoms with Crippen molar-refractivity contribution < 1.29 is 0 Å². The molecule has 0 aliphatic rings. The predicted octanol–water partition coefficient (Wildman–Crippen LogP) is 1.03. The van der Waals surface area contributed by atoms with E-state index in [0.29, 0.717) is 5.65 Å². The number of imidazole rings is 1. The van der Waals surface area contributed by atoms with E-state index in [1.54, 1.807) is 6.33 Å². The van der Waals surface area contributed by atoms with Gasteiger partial charge in [0.15, 0.2) is 11.5 Å². The molecule has 0 radical (unpaired) electrons. The number of fused-ring (bicyclic) bond motifs is 1. The van der Waals surface area contributed by atoms with Crippen molar-refractivity contribution in [3.8, 4) is 0 Å². The molecule has 1 N–H and O–H groups in total. The molecule has 3 heterocycles. The summed E-state index contributed by atoms with van der Waals surface area (Å²) >= 11 is 0. The van der Waals surface area contributed by atoms with Crippen LogP contribution >= 0.6 is 0 Å². The lowest BCUT2D eigenvalue weighted by atomic mass is 10.2. The molecule has 0 spiro atoms. The first kappa shape index (κ1) is 11.6. The molecule has 3 rings (SSSR count). The smallest absolute Gasteiger partial charge is 0.182 e. The molecule has 0 fully saturated rings. The third-order valence-corrected chi connectivity index (χ3v) is 3.31. The molecule has 3 aromatic heterocycles. The molecule has 7 nitrogen and oxygen atoms in total. The van der Waals surface area contributed by atoms with Crippen LogP contribution in [0.5, 0.6) is 0 Å². The molecule has 0 aromatic carbocycles. The van der Waals surface area contributed by atoms with E-state index in [2.05, 4.69) is 36.9 Å². The number of aromatic nitrogens is 6. The van der Waals surface area contributed by atoms with Crippen molar-refractivity contribution in [2.75, 3.05) is 11.9 Å². The first-order valence-corrected chi connectivity index (χ1v) is 5.99. The van der Waals surface area contributed by atoms with Crippen LogP contribution in [0.4, 0.5) is 5.82 Å². The summed E-state index contributed by atoms with van der Waals surface area (Å²) in [5.41, 5.74) is 3.87. The number of H-pyrrole nitrogens is 1. The maximum Gasteiger partial charge on any atom is 0.182 e. The van der Waals surface area contributed by atoms with Gasteiger partial charge in [-0.2, -0.15) is 5.10 Å². The Kier molecular flexibility index (Phi) is 2.66. The van der Waals surface area contributed by atoms with Crippen LogP contribution in [0.1, 0.15) is 11.3 Å². The van der Waals surface area contributed by atoms with E-state index < -0.39 is 0 Å². The molecule has 0 saturated heterocycles. The molecule has 7 heteroatoms. The van der Waals surface area contributed by atoms with Gasteiger partial charge in [0, 0.05) is 31.9 Å². The summed E-state index contributed by atoms with van der Waals surface area (Å²) in [5.74, 6) is 0.839. The molecule has 0 saturated carbocycles. The fraction of sp³-hybridized carbons (Fsp3) is 0.333. The largest absolute Gasteiger partial charge is 0.353 e. The number of hydrogen-bond acceptors (Lipinski definition) is 5. The average Bonchev–Trinajstić information content (AvgIpc) is 3.00. The van der Waals surface area contributed by atoms with E-state index in [9.17, 15) is 0 Å². The van der Waals surface area contributed by atoms with Crippen molar-refractivity contribution in [1.82, 2.24) is 29.7 Å². The van der Waals surface area contributed by atoms with Crippen molar-refractivity contribution in [1.29, 1.82) is 0 Å². The van der Waals surface area contributed by atoms with Crippen LogP contribution in [-0.4, -0.2) is 36.8 Å². The second-order valence-corrected chi connectivity index (χ2v) is 4.53. The molecule has 0 unspecified atom stereocenters. The van der Waals surface area contributed by atoms with Gasteiger partial charge in [0.05, 0.1) is 12.5 Å². The summed E-state index contributed by atoms with van der Waals surface area (Å²) in [7, 11) is 3.94. The van der Waals surface area contributed by atoms with E-state index in [1.807, 2.05) is 25.0 Å². The SMILES string of the molecule is Cc1c(CN(C)c2ncnc3nc[nH]c23)cnn1C. The minimum absolute atomic E-state index is 0.680. The second kappa shape index (κ2) is 4.34. The Morgan fingerprint density at radius 1 is 1.32 bits per heavy atom. The van der Waals surface area contributed by atoms with Crippen LogP contribution in [0.25, 0.3) is 11.2 Å². The Hall–Kier alpha value is -2.44. The minimum atomic E-state index is 0.680. The number of rotatable bonds is 3. The van der Waals surface area contributed by atoms with Gasteiger partial charge in [0.25, 0.3) is 0 Å². The standard InChI is InChI=1S/C12H15N7/c1-8-9(4-17-19(8)3)5-18(2)12-10-11(14-6-13-10)15-7-16-12/h4,6-7H,5H2,1-3H3,(H,13,14,15,16). The van der Waals surface area contributed by atoms with Crippen LogP contribution in [0.3, 0.4) is 0 Å². The molecule has 0 aliphatic heterocycles. The molecule has 19 heavy (non-hydrogen) atoms. The van der Waals surface area contributed by atoms with Gasteiger partial charge in [-0.1, -0.05) is 0 Å². The van der Waals surface area contributed by atoms with E-state index >= 15 is 0 Å². The zero-order valence-electron chi connectivity index (χ0n) is 11.1. The number of hydrogen-bond donors (Lipinski definition) is 1. The Balaban J connectivity index is 1.94. The average molecular weight is 257 g/mol. The van der Waals surface area contributed by atoms with Crippen molar-refractivity contribution in [3.05, 3.63) is 30.1 Å². The topological polar surface area (TPSA) is 75.5 Å². The summed E-state index contributed by atoms with van der Waals surface area (Å²) in [6.45, 7) is 2.80. The summed E-state index contributed by atoms with van der Waals surface area (Å²) in [6, 6.07) is 0. The van der Waals surface area contributed by atoms with Crippen LogP contribution in [-0.2, 0) is 13.6 Å². The lowest BCUT2D eigenvalue weighted by molar-refractivity contribution is 0.736. The second-order valence-electron chi connectivity index (χ2n) is 4.53. The maximum atomic E-state index is 4.33. The first-order valence-electron chi connectivity index (χ1n) is 5.99. The Morgan fingerprint density at radius 2 is 2.16 bits per heavy atom. The van der Waals surface area contributed by atoms with Gasteiger partial charge in [-0.05, 0) is 6.92 Å². The highest BCUT2D eigenvalue weighted by Crippen LogP contribution is 2.20. The molecular formula is C12H15N7. The number of nitrogens with one attached hydrogen (secondary N) is 1. The highest BCUT2D eigenvalue weighted by Gasteiger charge is 2.13. The summed E-state index contributed by atoms with van der Waals surface area (Å²) in [6.07, 6.45) is 5.05. The zero-order chi connectivity index (χ0) is 13.4. The van der Waals surface area contributed by atoms with Crippen LogP contribution < -0.4 is 4.90 Å². The molecule has 3 aromatic rings. The fourth-order valence-corrected chi connectivity index (χ4v) is 2.07. The number of nitrogens with zero attached hydrogens (tertiary/aromatic N) is 6. The van der Waals surface area contributed by atoms with Gasteiger partial charge in [0.1, 0.15) is 11.8 Å². The van der Waals surface area contributed by atoms with Crippen LogP contribution in [0.15, 0.2) is 18.9 Å². The van der Waals surface area contributed by atoms with Crippen molar-refractivity contribution >= 4 is 17.0 Å². The third-order valence-electron chi connectivity index (χ3n) is 3.31. The monoisotopic (exact) mass is 257 g/mol. The Labute approximate surface area is 110 Å². The quantitative estimate of drug-likeness (QED) is 0.758. The Morgan fingerprint density at radius 3 is 2.89 bits per heavy atom. The van der Waals surface area contributed by atoms with Gasteiger partial charge >= 0.3 is 0 Å². The molecule has 0 atom stereocenters. The van der Waals surface area contributed by atoms with Gasteiger partial charge in [-0.15, -0.1) is 0 Å². The molecule has 0 aliphatic carbocycles. The van der Waals surface area contributed by atoms with E-state index in [0.717, 1.165) is 23.6 Å². The van der Waals surface area contributed by atoms with Crippen molar-refractivity contribution in [2.24, 2.45) is 7.05 Å². The van der Waals surface area contributed by atoms with Crippen molar-refractivity contribution in [2.45, 2.75) is 13.5 Å². The summed E-state index contributed by atoms with van der Waals surface area (Å²) < 4.78 is 1.87. The number of anilines is 1. The maximum absolute atomic E-state index is 4.33. The highest BCUT2D eigenvalue weighted by molar-refractivity contribution is 5.82. The van der Waals surface area contributed by atoms with Crippen LogP contribution in [0, 0.1) is 6.92 Å². The summed E-state index contributed by atoms with van der Waals surface area (Å²) in [4.78, 5) is 17.7. The predicted molar refractivity (Wildman–Crippen MR) is 71.7 cm³/mol. The molecule has 0 bridgehead atoms. The number of aryl methyl sites for hydroxylation is 1. The van der Waals surface area contributed by atoms with Crippen LogP contribution in [0.2, 0.25) is 0 Å². The fourth-order valence-electron chi connectivity index (χ4n) is 2.07. The van der Waals surface area contributed by atoms with Gasteiger partial charge in [-0.25, -0.2) is 15.0 Å². The third kappa shape index (κ3) is 1.92. The highest BCUT2D eigenvalue weighted by atomic mass is 15.3. The van der Waals surface area contributed by atoms with E-state index in [-0.39, 0.29) is 0 Å². The van der Waals surface area contributed by atoms with Crippen molar-refractivity contribution in [3.63, 3.8) is 0 Å². The summed E-state index contributed by atoms with van der Waals surface area (Å²) in [5, 5.41) is 4.25. The first-order chi connectivity index (χ1) is 9.16. The molecule has 98 valence electrons. The lowest BCUT2D eigenvalue weighted by Crippen LogP contribution is -2.18. The van der Waals surface area contributed by atoms with Gasteiger partial charge in [-0.3, -0.25) is 4.68 Å². The molecule has 0 amide bonds. The van der Waals surface area contributed by atoms with E-state index in [1.165, 1.54) is 11.9 Å². The Bertz CT molecular complexity index is 712. The zero-order valence-corrected chi connectivity index (χ0v) is 11.1.